The van der Waals surface area contributed by atoms with Crippen molar-refractivity contribution >= 4 is 5.91 Å². The van der Waals surface area contributed by atoms with Gasteiger partial charge in [0, 0.05) is 6.54 Å². The number of hydrogen-bond donors (Lipinski definition) is 1. The Balaban J connectivity index is 1.65. The van der Waals surface area contributed by atoms with Crippen molar-refractivity contribution in [3.8, 4) is 17.2 Å². The Kier molecular flexibility index (Phi) is 4.66. The zero-order valence-electron chi connectivity index (χ0n) is 13.0. The average molecular weight is 313 g/mol. The standard InChI is InChI=1S/C18H19NO4/c1-2-9-21-15-6-4-3-5-14(15)18(20)19-11-13-7-8-16-17(10-13)23-12-22-16/h3-8,10H,2,9,11-12H2,1H3,(H,19,20). The van der Waals surface area contributed by atoms with Gasteiger partial charge in [-0.05, 0) is 36.2 Å². The zero-order valence-corrected chi connectivity index (χ0v) is 13.0. The number of rotatable bonds is 6. The lowest BCUT2D eigenvalue weighted by atomic mass is 10.1. The van der Waals surface area contributed by atoms with Gasteiger partial charge in [0.25, 0.3) is 5.91 Å². The number of ether oxygens (including phenoxy) is 3. The molecule has 1 amide bonds. The lowest BCUT2D eigenvalue weighted by Crippen LogP contribution is -2.23. The second-order valence-electron chi connectivity index (χ2n) is 5.21. The summed E-state index contributed by atoms with van der Waals surface area (Å²) in [6.45, 7) is 3.28. The average Bonchev–Trinajstić information content (AvgIpc) is 3.05. The van der Waals surface area contributed by atoms with Crippen LogP contribution in [-0.2, 0) is 6.54 Å². The fourth-order valence-electron chi connectivity index (χ4n) is 2.32. The molecule has 3 rings (SSSR count). The van der Waals surface area contributed by atoms with E-state index in [-0.39, 0.29) is 12.7 Å². The molecular formula is C18H19NO4. The summed E-state index contributed by atoms with van der Waals surface area (Å²) in [5.41, 5.74) is 1.50. The van der Waals surface area contributed by atoms with E-state index in [1.165, 1.54) is 0 Å². The van der Waals surface area contributed by atoms with Crippen LogP contribution in [0.4, 0.5) is 0 Å². The number of nitrogens with one attached hydrogen (secondary N) is 1. The Hall–Kier alpha value is -2.69. The molecule has 120 valence electrons. The Morgan fingerprint density at radius 1 is 1.17 bits per heavy atom. The van der Waals surface area contributed by atoms with Gasteiger partial charge >= 0.3 is 0 Å². The van der Waals surface area contributed by atoms with E-state index in [2.05, 4.69) is 5.32 Å². The SMILES string of the molecule is CCCOc1ccccc1C(=O)NCc1ccc2c(c1)OCO2. The minimum absolute atomic E-state index is 0.158. The van der Waals surface area contributed by atoms with Crippen molar-refractivity contribution in [1.29, 1.82) is 0 Å². The van der Waals surface area contributed by atoms with Gasteiger partial charge in [0.15, 0.2) is 11.5 Å². The summed E-state index contributed by atoms with van der Waals surface area (Å²) in [4.78, 5) is 12.4. The van der Waals surface area contributed by atoms with Gasteiger partial charge in [0.1, 0.15) is 5.75 Å². The minimum atomic E-state index is -0.158. The van der Waals surface area contributed by atoms with Crippen LogP contribution in [0.15, 0.2) is 42.5 Å². The molecule has 0 fully saturated rings. The predicted octanol–water partition coefficient (Wildman–Crippen LogP) is 3.13. The quantitative estimate of drug-likeness (QED) is 0.890. The molecule has 5 nitrogen and oxygen atoms in total. The maximum Gasteiger partial charge on any atom is 0.255 e. The largest absolute Gasteiger partial charge is 0.493 e. The highest BCUT2D eigenvalue weighted by molar-refractivity contribution is 5.96. The highest BCUT2D eigenvalue weighted by Crippen LogP contribution is 2.32. The summed E-state index contributed by atoms with van der Waals surface area (Å²) in [6.07, 6.45) is 0.896. The summed E-state index contributed by atoms with van der Waals surface area (Å²) >= 11 is 0. The van der Waals surface area contributed by atoms with Crippen molar-refractivity contribution in [3.05, 3.63) is 53.6 Å². The summed E-state index contributed by atoms with van der Waals surface area (Å²) in [6, 6.07) is 12.9. The summed E-state index contributed by atoms with van der Waals surface area (Å²) < 4.78 is 16.2. The van der Waals surface area contributed by atoms with E-state index < -0.39 is 0 Å². The van der Waals surface area contributed by atoms with Gasteiger partial charge in [-0.25, -0.2) is 0 Å². The number of carbonyl (C=O) groups excluding carboxylic acids is 1. The molecule has 0 atom stereocenters. The molecule has 23 heavy (non-hydrogen) atoms. The first kappa shape index (κ1) is 15.2. The lowest BCUT2D eigenvalue weighted by molar-refractivity contribution is 0.0946. The molecule has 2 aromatic carbocycles. The Bertz CT molecular complexity index is 699. The van der Waals surface area contributed by atoms with Crippen molar-refractivity contribution in [3.63, 3.8) is 0 Å². The van der Waals surface area contributed by atoms with Gasteiger partial charge in [0.05, 0.1) is 12.2 Å². The molecule has 0 spiro atoms. The Morgan fingerprint density at radius 2 is 2.00 bits per heavy atom. The third kappa shape index (κ3) is 3.56. The Morgan fingerprint density at radius 3 is 2.87 bits per heavy atom. The normalized spacial score (nSPS) is 12.0. The third-order valence-corrected chi connectivity index (χ3v) is 3.48. The van der Waals surface area contributed by atoms with Crippen molar-refractivity contribution in [2.45, 2.75) is 19.9 Å². The van der Waals surface area contributed by atoms with Crippen LogP contribution in [0.2, 0.25) is 0 Å². The van der Waals surface area contributed by atoms with Crippen molar-refractivity contribution in [2.75, 3.05) is 13.4 Å². The second-order valence-corrected chi connectivity index (χ2v) is 5.21. The van der Waals surface area contributed by atoms with Crippen LogP contribution in [0.3, 0.4) is 0 Å². The molecular weight excluding hydrogens is 294 g/mol. The highest BCUT2D eigenvalue weighted by atomic mass is 16.7. The van der Waals surface area contributed by atoms with E-state index in [4.69, 9.17) is 14.2 Å². The number of benzene rings is 2. The molecule has 0 saturated carbocycles. The molecule has 2 aromatic rings. The van der Waals surface area contributed by atoms with Crippen molar-refractivity contribution in [2.24, 2.45) is 0 Å². The maximum atomic E-state index is 12.4. The molecule has 0 unspecified atom stereocenters. The molecule has 0 bridgehead atoms. The van der Waals surface area contributed by atoms with Crippen molar-refractivity contribution in [1.82, 2.24) is 5.32 Å². The first-order valence-electron chi connectivity index (χ1n) is 7.66. The molecule has 1 aliphatic rings. The first-order valence-corrected chi connectivity index (χ1v) is 7.66. The maximum absolute atomic E-state index is 12.4. The van der Waals surface area contributed by atoms with Gasteiger partial charge in [-0.2, -0.15) is 0 Å². The van der Waals surface area contributed by atoms with Crippen molar-refractivity contribution < 1.29 is 19.0 Å². The van der Waals surface area contributed by atoms with E-state index in [1.54, 1.807) is 6.07 Å². The number of amides is 1. The Labute approximate surface area is 135 Å². The lowest BCUT2D eigenvalue weighted by Gasteiger charge is -2.11. The van der Waals surface area contributed by atoms with Gasteiger partial charge in [-0.3, -0.25) is 4.79 Å². The fraction of sp³-hybridized carbons (Fsp3) is 0.278. The monoisotopic (exact) mass is 313 g/mol. The molecule has 0 aromatic heterocycles. The summed E-state index contributed by atoms with van der Waals surface area (Å²) in [7, 11) is 0. The van der Waals surface area contributed by atoms with Gasteiger partial charge in [-0.1, -0.05) is 25.1 Å². The molecule has 1 aliphatic heterocycles. The van der Waals surface area contributed by atoms with Crippen LogP contribution < -0.4 is 19.5 Å². The molecule has 0 radical (unpaired) electrons. The molecule has 1 N–H and O–H groups in total. The number of fused-ring (bicyclic) bond motifs is 1. The molecule has 0 aliphatic carbocycles. The molecule has 0 saturated heterocycles. The van der Waals surface area contributed by atoms with Crippen LogP contribution in [0, 0.1) is 0 Å². The summed E-state index contributed by atoms with van der Waals surface area (Å²) in [5.74, 6) is 1.90. The smallest absolute Gasteiger partial charge is 0.255 e. The predicted molar refractivity (Wildman–Crippen MR) is 86.0 cm³/mol. The third-order valence-electron chi connectivity index (χ3n) is 3.48. The van der Waals surface area contributed by atoms with E-state index >= 15 is 0 Å². The van der Waals surface area contributed by atoms with Crippen LogP contribution in [0.25, 0.3) is 0 Å². The van der Waals surface area contributed by atoms with Crippen LogP contribution in [-0.4, -0.2) is 19.3 Å². The zero-order chi connectivity index (χ0) is 16.1. The number of hydrogen-bond acceptors (Lipinski definition) is 4. The molecule has 5 heteroatoms. The van der Waals surface area contributed by atoms with E-state index in [1.807, 2.05) is 43.3 Å². The van der Waals surface area contributed by atoms with Gasteiger partial charge < -0.3 is 19.5 Å². The second kappa shape index (κ2) is 7.05. The van der Waals surface area contributed by atoms with E-state index in [0.29, 0.717) is 30.2 Å². The van der Waals surface area contributed by atoms with E-state index in [9.17, 15) is 4.79 Å². The van der Waals surface area contributed by atoms with Gasteiger partial charge in [0.2, 0.25) is 6.79 Å². The number of carbonyl (C=O) groups is 1. The van der Waals surface area contributed by atoms with Crippen LogP contribution in [0.1, 0.15) is 29.3 Å². The van der Waals surface area contributed by atoms with Gasteiger partial charge in [-0.15, -0.1) is 0 Å². The minimum Gasteiger partial charge on any atom is -0.493 e. The number of para-hydroxylation sites is 1. The van der Waals surface area contributed by atoms with Crippen LogP contribution in [0.5, 0.6) is 17.2 Å². The van der Waals surface area contributed by atoms with Crippen LogP contribution >= 0.6 is 0 Å². The highest BCUT2D eigenvalue weighted by Gasteiger charge is 2.15. The topological polar surface area (TPSA) is 56.8 Å². The summed E-state index contributed by atoms with van der Waals surface area (Å²) in [5, 5.41) is 2.91. The molecule has 1 heterocycles. The fourth-order valence-corrected chi connectivity index (χ4v) is 2.32. The van der Waals surface area contributed by atoms with E-state index in [0.717, 1.165) is 17.7 Å². The first-order chi connectivity index (χ1) is 11.3.